The van der Waals surface area contributed by atoms with E-state index in [1.165, 1.54) is 11.8 Å². The molecule has 0 aromatic carbocycles. The van der Waals surface area contributed by atoms with Crippen LogP contribution in [-0.2, 0) is 0 Å². The van der Waals surface area contributed by atoms with E-state index in [-0.39, 0.29) is 0 Å². The summed E-state index contributed by atoms with van der Waals surface area (Å²) in [7, 11) is 0. The van der Waals surface area contributed by atoms with Crippen LogP contribution in [0.5, 0.6) is 0 Å². The highest BCUT2D eigenvalue weighted by atomic mass is 32.2. The molecule has 4 rings (SSSR count). The number of hydrogen-bond acceptors (Lipinski definition) is 7. The van der Waals surface area contributed by atoms with Crippen molar-refractivity contribution in [1.29, 1.82) is 0 Å². The summed E-state index contributed by atoms with van der Waals surface area (Å²) in [6.45, 7) is 5.88. The number of aryl methyl sites for hydroxylation is 3. The maximum absolute atomic E-state index is 4.61. The molecule has 4 heterocycles. The molecule has 4 aromatic rings. The van der Waals surface area contributed by atoms with Crippen LogP contribution >= 0.6 is 11.8 Å². The summed E-state index contributed by atoms with van der Waals surface area (Å²) in [5, 5.41) is 5.91. The number of aromatic nitrogens is 7. The zero-order chi connectivity index (χ0) is 17.4. The van der Waals surface area contributed by atoms with Crippen molar-refractivity contribution in [3.8, 4) is 11.4 Å². The minimum absolute atomic E-state index is 0.596. The van der Waals surface area contributed by atoms with Gasteiger partial charge in [0.2, 0.25) is 5.16 Å². The lowest BCUT2D eigenvalue weighted by Gasteiger charge is -2.04. The number of fused-ring (bicyclic) bond motifs is 1. The van der Waals surface area contributed by atoms with Gasteiger partial charge in [-0.1, -0.05) is 0 Å². The quantitative estimate of drug-likeness (QED) is 0.526. The highest BCUT2D eigenvalue weighted by molar-refractivity contribution is 7.99. The van der Waals surface area contributed by atoms with E-state index in [2.05, 4.69) is 30.0 Å². The van der Waals surface area contributed by atoms with E-state index < -0.39 is 0 Å². The first-order valence-electron chi connectivity index (χ1n) is 7.73. The maximum atomic E-state index is 4.61. The lowest BCUT2D eigenvalue weighted by atomic mass is 10.2. The third-order valence-corrected chi connectivity index (χ3v) is 4.32. The molecule has 0 N–H and O–H groups in total. The zero-order valence-electron chi connectivity index (χ0n) is 14.0. The third kappa shape index (κ3) is 3.20. The van der Waals surface area contributed by atoms with E-state index in [1.54, 1.807) is 16.9 Å². The molecular formula is C17H15N7S. The summed E-state index contributed by atoms with van der Waals surface area (Å²) in [4.78, 5) is 22.1. The molecule has 4 aromatic heterocycles. The Hall–Kier alpha value is -2.87. The van der Waals surface area contributed by atoms with Crippen LogP contribution in [-0.4, -0.2) is 34.5 Å². The largest absolute Gasteiger partial charge is 0.264 e. The van der Waals surface area contributed by atoms with E-state index >= 15 is 0 Å². The first-order valence-corrected chi connectivity index (χ1v) is 8.55. The summed E-state index contributed by atoms with van der Waals surface area (Å²) < 4.78 is 1.74. The molecule has 0 aliphatic rings. The third-order valence-electron chi connectivity index (χ3n) is 3.55. The summed E-state index contributed by atoms with van der Waals surface area (Å²) in [5.41, 5.74) is 3.68. The summed E-state index contributed by atoms with van der Waals surface area (Å²) >= 11 is 1.40. The van der Waals surface area contributed by atoms with Gasteiger partial charge in [-0.25, -0.2) is 19.5 Å². The molecule has 0 amide bonds. The molecule has 7 nitrogen and oxygen atoms in total. The average molecular weight is 349 g/mol. The van der Waals surface area contributed by atoms with E-state index in [1.807, 2.05) is 45.0 Å². The second-order valence-electron chi connectivity index (χ2n) is 5.66. The predicted octanol–water partition coefficient (Wildman–Crippen LogP) is 3.05. The smallest absolute Gasteiger partial charge is 0.253 e. The molecule has 0 bridgehead atoms. The summed E-state index contributed by atoms with van der Waals surface area (Å²) in [6.07, 6.45) is 3.48. The van der Waals surface area contributed by atoms with E-state index in [0.29, 0.717) is 16.8 Å². The van der Waals surface area contributed by atoms with Gasteiger partial charge in [0.05, 0.1) is 0 Å². The predicted molar refractivity (Wildman–Crippen MR) is 94.4 cm³/mol. The molecule has 0 fully saturated rings. The van der Waals surface area contributed by atoms with Crippen molar-refractivity contribution in [2.45, 2.75) is 31.0 Å². The number of rotatable bonds is 3. The monoisotopic (exact) mass is 349 g/mol. The number of hydrogen-bond donors (Lipinski definition) is 0. The van der Waals surface area contributed by atoms with Gasteiger partial charge in [0.25, 0.3) is 5.78 Å². The Balaban J connectivity index is 1.71. The number of pyridine rings is 1. The topological polar surface area (TPSA) is 81.8 Å². The van der Waals surface area contributed by atoms with E-state index in [4.69, 9.17) is 0 Å². The fourth-order valence-corrected chi connectivity index (χ4v) is 3.30. The Bertz CT molecular complexity index is 1060. The van der Waals surface area contributed by atoms with Gasteiger partial charge in [-0.2, -0.15) is 4.98 Å². The lowest BCUT2D eigenvalue weighted by Crippen LogP contribution is -1.97. The second-order valence-corrected chi connectivity index (χ2v) is 6.65. The Morgan fingerprint density at radius 2 is 1.80 bits per heavy atom. The van der Waals surface area contributed by atoms with Crippen molar-refractivity contribution in [3.63, 3.8) is 0 Å². The van der Waals surface area contributed by atoms with Gasteiger partial charge in [-0.05, 0) is 56.8 Å². The fourth-order valence-electron chi connectivity index (χ4n) is 2.50. The molecule has 0 radical (unpaired) electrons. The van der Waals surface area contributed by atoms with Gasteiger partial charge < -0.3 is 0 Å². The summed E-state index contributed by atoms with van der Waals surface area (Å²) in [5.74, 6) is 1.24. The Morgan fingerprint density at radius 3 is 2.60 bits per heavy atom. The first kappa shape index (κ1) is 15.6. The molecule has 25 heavy (non-hydrogen) atoms. The second kappa shape index (κ2) is 6.21. The molecule has 0 atom stereocenters. The normalized spacial score (nSPS) is 11.2. The van der Waals surface area contributed by atoms with E-state index in [0.717, 1.165) is 27.7 Å². The van der Waals surface area contributed by atoms with Gasteiger partial charge in [0.15, 0.2) is 5.82 Å². The zero-order valence-corrected chi connectivity index (χ0v) is 14.8. The molecule has 0 saturated heterocycles. The lowest BCUT2D eigenvalue weighted by molar-refractivity contribution is 0.842. The highest BCUT2D eigenvalue weighted by Gasteiger charge is 2.12. The van der Waals surface area contributed by atoms with Crippen molar-refractivity contribution in [2.75, 3.05) is 0 Å². The van der Waals surface area contributed by atoms with Gasteiger partial charge in [0, 0.05) is 35.0 Å². The number of nitrogens with zero attached hydrogens (tertiary/aromatic N) is 7. The van der Waals surface area contributed by atoms with Crippen LogP contribution in [0.1, 0.15) is 17.1 Å². The maximum Gasteiger partial charge on any atom is 0.253 e. The van der Waals surface area contributed by atoms with Crippen LogP contribution in [0.2, 0.25) is 0 Å². The average Bonchev–Trinajstić information content (AvgIpc) is 2.97. The molecule has 0 aliphatic heterocycles. The van der Waals surface area contributed by atoms with Gasteiger partial charge in [-0.3, -0.25) is 4.98 Å². The van der Waals surface area contributed by atoms with Crippen molar-refractivity contribution in [1.82, 2.24) is 34.5 Å². The van der Waals surface area contributed by atoms with Gasteiger partial charge in [-0.15, -0.1) is 5.10 Å². The van der Waals surface area contributed by atoms with Crippen LogP contribution in [0.15, 0.2) is 46.8 Å². The first-order chi connectivity index (χ1) is 12.1. The molecule has 8 heteroatoms. The van der Waals surface area contributed by atoms with E-state index in [9.17, 15) is 0 Å². The van der Waals surface area contributed by atoms with Crippen LogP contribution < -0.4 is 0 Å². The van der Waals surface area contributed by atoms with Crippen molar-refractivity contribution in [3.05, 3.63) is 53.7 Å². The van der Waals surface area contributed by atoms with Crippen LogP contribution in [0.25, 0.3) is 17.2 Å². The fraction of sp³-hybridized carbons (Fsp3) is 0.176. The Kier molecular flexibility index (Phi) is 3.89. The molecule has 0 spiro atoms. The van der Waals surface area contributed by atoms with Crippen LogP contribution in [0, 0.1) is 20.8 Å². The minimum atomic E-state index is 0.596. The highest BCUT2D eigenvalue weighted by Crippen LogP contribution is 2.26. The van der Waals surface area contributed by atoms with Gasteiger partial charge >= 0.3 is 0 Å². The Morgan fingerprint density at radius 1 is 0.960 bits per heavy atom. The SMILES string of the molecule is Cc1cc(Sc2nc3nc(C)cc(C)n3n2)nc(-c2cccnc2)n1. The van der Waals surface area contributed by atoms with Crippen molar-refractivity contribution >= 4 is 17.5 Å². The van der Waals surface area contributed by atoms with Crippen molar-refractivity contribution < 1.29 is 0 Å². The summed E-state index contributed by atoms with van der Waals surface area (Å²) in [6, 6.07) is 7.71. The molecule has 0 unspecified atom stereocenters. The Labute approximate surface area is 148 Å². The standard InChI is InChI=1S/C17H15N7S/c1-10-7-12(3)24-16(20-10)22-17(23-24)25-14-8-11(2)19-15(21-14)13-5-4-6-18-9-13/h4-9H,1-3H3. The molecular weight excluding hydrogens is 334 g/mol. The van der Waals surface area contributed by atoms with Gasteiger partial charge in [0.1, 0.15) is 5.03 Å². The minimum Gasteiger partial charge on any atom is -0.264 e. The van der Waals surface area contributed by atoms with Crippen molar-refractivity contribution in [2.24, 2.45) is 0 Å². The van der Waals surface area contributed by atoms with Crippen LogP contribution in [0.4, 0.5) is 0 Å². The molecule has 0 saturated carbocycles. The molecule has 0 aliphatic carbocycles. The van der Waals surface area contributed by atoms with Crippen LogP contribution in [0.3, 0.4) is 0 Å². The molecule has 124 valence electrons.